The summed E-state index contributed by atoms with van der Waals surface area (Å²) in [6, 6.07) is 11.7. The van der Waals surface area contributed by atoms with Crippen LogP contribution in [0.1, 0.15) is 86.3 Å². The van der Waals surface area contributed by atoms with Gasteiger partial charge in [0, 0.05) is 28.0 Å². The molecule has 18 heteroatoms. The first-order valence-electron chi connectivity index (χ1n) is 15.9. The molecule has 12 nitrogen and oxygen atoms in total. The van der Waals surface area contributed by atoms with Gasteiger partial charge in [-0.2, -0.15) is 13.2 Å². The summed E-state index contributed by atoms with van der Waals surface area (Å²) >= 11 is 5.79. The number of nitrogens with one attached hydrogen (secondary N) is 2. The van der Waals surface area contributed by atoms with Gasteiger partial charge in [0.05, 0.1) is 15.4 Å². The topological polar surface area (TPSA) is 179 Å². The summed E-state index contributed by atoms with van der Waals surface area (Å²) in [5.74, 6) is -0.287. The molecular formula is C35H42ClF3N4O8S2. The Morgan fingerprint density at radius 1 is 0.604 bits per heavy atom. The Morgan fingerprint density at radius 3 is 1.21 bits per heavy atom. The van der Waals surface area contributed by atoms with Gasteiger partial charge in [-0.25, -0.2) is 16.8 Å². The molecule has 0 bridgehead atoms. The van der Waals surface area contributed by atoms with Crippen molar-refractivity contribution >= 4 is 54.7 Å². The normalized spacial score (nSPS) is 13.2. The second-order valence-electron chi connectivity index (χ2n) is 15.1. The molecule has 0 atom stereocenters. The van der Waals surface area contributed by atoms with Crippen molar-refractivity contribution in [2.45, 2.75) is 106 Å². The fraction of sp³-hybridized carbons (Fsp3) is 0.429. The van der Waals surface area contributed by atoms with Crippen molar-refractivity contribution < 1.29 is 48.6 Å². The van der Waals surface area contributed by atoms with E-state index in [0.29, 0.717) is 28.7 Å². The van der Waals surface area contributed by atoms with E-state index < -0.39 is 57.6 Å². The van der Waals surface area contributed by atoms with Crippen LogP contribution in [0, 0.1) is 0 Å². The zero-order valence-electron chi connectivity index (χ0n) is 30.8. The summed E-state index contributed by atoms with van der Waals surface area (Å²) in [6.45, 7) is 16.5. The minimum atomic E-state index is -4.59. The van der Waals surface area contributed by atoms with E-state index in [1.807, 2.05) is 41.5 Å². The highest BCUT2D eigenvalue weighted by molar-refractivity contribution is 7.94. The van der Waals surface area contributed by atoms with E-state index in [1.54, 1.807) is 6.07 Å². The van der Waals surface area contributed by atoms with Crippen molar-refractivity contribution in [1.29, 1.82) is 0 Å². The van der Waals surface area contributed by atoms with Crippen LogP contribution in [0.3, 0.4) is 0 Å². The number of halogens is 4. The number of sulfone groups is 2. The van der Waals surface area contributed by atoms with Crippen molar-refractivity contribution in [2.75, 3.05) is 10.6 Å². The van der Waals surface area contributed by atoms with E-state index in [-0.39, 0.29) is 27.4 Å². The smallest absolute Gasteiger partial charge is 0.359 e. The second kappa shape index (κ2) is 14.9. The van der Waals surface area contributed by atoms with Crippen LogP contribution in [0.5, 0.6) is 0 Å². The molecule has 0 fully saturated rings. The summed E-state index contributed by atoms with van der Waals surface area (Å²) in [5.41, 5.74) is -1.62. The number of carbonyl (C=O) groups excluding carboxylic acids is 2. The number of amides is 2. The van der Waals surface area contributed by atoms with Gasteiger partial charge in [-0.05, 0) is 76.2 Å². The maximum absolute atomic E-state index is 12.8. The third-order valence-corrected chi connectivity index (χ3v) is 13.1. The number of benzene rings is 2. The zero-order chi connectivity index (χ0) is 40.6. The molecule has 0 aliphatic carbocycles. The molecule has 2 amide bonds. The molecule has 0 saturated carbocycles. The number of hydrogen-bond donors (Lipinski definition) is 2. The number of alkyl halides is 3. The summed E-state index contributed by atoms with van der Waals surface area (Å²) in [6.07, 6.45) is -4.59. The number of carbonyl (C=O) groups is 2. The fourth-order valence-corrected chi connectivity index (χ4v) is 7.06. The lowest BCUT2D eigenvalue weighted by molar-refractivity contribution is -0.137. The molecule has 2 aromatic heterocycles. The quantitative estimate of drug-likeness (QED) is 0.177. The van der Waals surface area contributed by atoms with E-state index >= 15 is 0 Å². The fourth-order valence-electron chi connectivity index (χ4n) is 4.18. The van der Waals surface area contributed by atoms with Gasteiger partial charge in [0.15, 0.2) is 31.3 Å². The number of rotatable bonds is 8. The van der Waals surface area contributed by atoms with Crippen molar-refractivity contribution in [3.05, 3.63) is 82.8 Å². The third kappa shape index (κ3) is 9.67. The first-order chi connectivity index (χ1) is 23.9. The van der Waals surface area contributed by atoms with E-state index in [2.05, 4.69) is 20.9 Å². The Kier molecular flexibility index (Phi) is 12.1. The summed E-state index contributed by atoms with van der Waals surface area (Å²) < 4.78 is 96.0. The molecule has 0 saturated heterocycles. The Labute approximate surface area is 311 Å². The first-order valence-corrected chi connectivity index (χ1v) is 19.3. The van der Waals surface area contributed by atoms with E-state index in [4.69, 9.17) is 20.6 Å². The Hall–Kier alpha value is -4.22. The van der Waals surface area contributed by atoms with Gasteiger partial charge in [-0.15, -0.1) is 0 Å². The SMILES string of the molecule is CC(C)(C)c1cc(NC(=O)C(C)(C)S(=O)(=O)c2ccc(C(F)(F)F)cc2)no1.CC(C)(C)c1cc(NC(=O)C(C)(C)S(=O)(=O)c2ccc(Cl)cc2)no1. The van der Waals surface area contributed by atoms with Crippen LogP contribution in [0.4, 0.5) is 24.8 Å². The maximum Gasteiger partial charge on any atom is 0.416 e. The molecule has 2 heterocycles. The van der Waals surface area contributed by atoms with Crippen molar-refractivity contribution in [3.63, 3.8) is 0 Å². The molecule has 0 unspecified atom stereocenters. The molecule has 4 aromatic rings. The molecule has 0 radical (unpaired) electrons. The molecule has 53 heavy (non-hydrogen) atoms. The van der Waals surface area contributed by atoms with Gasteiger partial charge in [-0.3, -0.25) is 9.59 Å². The van der Waals surface area contributed by atoms with Gasteiger partial charge in [0.1, 0.15) is 21.0 Å². The number of hydrogen-bond acceptors (Lipinski definition) is 10. The van der Waals surface area contributed by atoms with Crippen LogP contribution in [0.25, 0.3) is 0 Å². The largest absolute Gasteiger partial charge is 0.416 e. The minimum absolute atomic E-state index is 0.0209. The second-order valence-corrected chi connectivity index (χ2v) is 20.5. The molecule has 290 valence electrons. The Bertz CT molecular complexity index is 2160. The van der Waals surface area contributed by atoms with Crippen molar-refractivity contribution in [3.8, 4) is 0 Å². The maximum atomic E-state index is 12.8. The molecule has 2 aromatic carbocycles. The van der Waals surface area contributed by atoms with E-state index in [9.17, 15) is 39.6 Å². The average molecular weight is 803 g/mol. The number of anilines is 2. The molecule has 4 rings (SSSR count). The zero-order valence-corrected chi connectivity index (χ0v) is 33.2. The highest BCUT2D eigenvalue weighted by Crippen LogP contribution is 2.33. The highest BCUT2D eigenvalue weighted by Gasteiger charge is 2.45. The van der Waals surface area contributed by atoms with Crippen molar-refractivity contribution in [1.82, 2.24) is 10.3 Å². The minimum Gasteiger partial charge on any atom is -0.359 e. The summed E-state index contributed by atoms with van der Waals surface area (Å²) in [5, 5.41) is 12.8. The molecule has 0 aliphatic rings. The standard InChI is InChI=1S/C18H21F3N2O4S.C17H21ClN2O4S/c1-16(2,3)13-10-14(23-27-13)22-15(24)17(4,5)28(25,26)12-8-6-11(7-9-12)18(19,20)21;1-16(2,3)13-10-14(20-24-13)19-15(21)17(4,5)25(22,23)12-8-6-11(18)7-9-12/h6-10H,1-5H3,(H,22,23,24);6-10H,1-5H3,(H,19,20,21). The van der Waals surface area contributed by atoms with Gasteiger partial charge in [0.25, 0.3) is 0 Å². The highest BCUT2D eigenvalue weighted by atomic mass is 35.5. The lowest BCUT2D eigenvalue weighted by Gasteiger charge is -2.23. The van der Waals surface area contributed by atoms with Crippen LogP contribution in [-0.2, 0) is 46.3 Å². The van der Waals surface area contributed by atoms with Gasteiger partial charge < -0.3 is 19.7 Å². The third-order valence-electron chi connectivity index (χ3n) is 8.04. The number of aromatic nitrogens is 2. The van der Waals surface area contributed by atoms with Crippen molar-refractivity contribution in [2.24, 2.45) is 0 Å². The summed E-state index contributed by atoms with van der Waals surface area (Å²) in [4.78, 5) is 24.8. The van der Waals surface area contributed by atoms with Gasteiger partial charge >= 0.3 is 6.18 Å². The average Bonchev–Trinajstić information content (AvgIpc) is 3.71. The molecular weight excluding hydrogens is 761 g/mol. The molecule has 2 N–H and O–H groups in total. The lowest BCUT2D eigenvalue weighted by atomic mass is 9.93. The Morgan fingerprint density at radius 2 is 0.925 bits per heavy atom. The number of nitrogens with zero attached hydrogens (tertiary/aromatic N) is 2. The van der Waals surface area contributed by atoms with Crippen LogP contribution in [0.15, 0.2) is 79.5 Å². The predicted octanol–water partition coefficient (Wildman–Crippen LogP) is 8.00. The predicted molar refractivity (Wildman–Crippen MR) is 193 cm³/mol. The Balaban J connectivity index is 0.000000287. The van der Waals surface area contributed by atoms with Crippen LogP contribution in [-0.4, -0.2) is 48.5 Å². The van der Waals surface area contributed by atoms with Crippen LogP contribution in [0.2, 0.25) is 5.02 Å². The van der Waals surface area contributed by atoms with Crippen LogP contribution < -0.4 is 10.6 Å². The van der Waals surface area contributed by atoms with E-state index in [1.165, 1.54) is 58.0 Å². The lowest BCUT2D eigenvalue weighted by Crippen LogP contribution is -2.44. The summed E-state index contributed by atoms with van der Waals surface area (Å²) in [7, 11) is -8.20. The molecule has 0 aliphatic heterocycles. The first kappa shape index (κ1) is 43.2. The van der Waals surface area contributed by atoms with Gasteiger partial charge in [0.2, 0.25) is 11.8 Å². The van der Waals surface area contributed by atoms with Gasteiger partial charge in [-0.1, -0.05) is 63.5 Å². The van der Waals surface area contributed by atoms with E-state index in [0.717, 1.165) is 12.1 Å². The molecule has 0 spiro atoms. The van der Waals surface area contributed by atoms with Crippen LogP contribution >= 0.6 is 11.6 Å². The monoisotopic (exact) mass is 802 g/mol.